The van der Waals surface area contributed by atoms with Crippen LogP contribution in [0.1, 0.15) is 17.2 Å². The lowest BCUT2D eigenvalue weighted by Gasteiger charge is -2.14. The minimum Gasteiger partial charge on any atom is -0.388 e. The van der Waals surface area contributed by atoms with Crippen LogP contribution in [0, 0.1) is 11.6 Å². The van der Waals surface area contributed by atoms with Crippen molar-refractivity contribution in [1.82, 2.24) is 0 Å². The van der Waals surface area contributed by atoms with E-state index in [1.165, 1.54) is 30.3 Å². The fraction of sp³-hybridized carbons (Fsp3) is 0.143. The Balaban J connectivity index is 2.25. The quantitative estimate of drug-likeness (QED) is 0.856. The Morgan fingerprint density at radius 2 is 1.95 bits per heavy atom. The summed E-state index contributed by atoms with van der Waals surface area (Å²) in [5.41, 5.74) is 1.03. The molecule has 1 unspecified atom stereocenters. The summed E-state index contributed by atoms with van der Waals surface area (Å²) in [7, 11) is 0. The number of aliphatic hydroxyl groups is 1. The molecule has 0 aliphatic heterocycles. The second kappa shape index (κ2) is 5.99. The SMILES string of the molecule is OC(Cc1cccc(F)c1Cl)c1ccc(F)cc1Br. The molecule has 1 nitrogen and oxygen atoms in total. The molecular formula is C14H10BrClF2O. The van der Waals surface area contributed by atoms with E-state index in [0.29, 0.717) is 15.6 Å². The van der Waals surface area contributed by atoms with E-state index in [4.69, 9.17) is 11.6 Å². The number of halogens is 4. The molecule has 2 rings (SSSR count). The molecule has 0 saturated carbocycles. The molecule has 0 bridgehead atoms. The maximum absolute atomic E-state index is 13.3. The van der Waals surface area contributed by atoms with E-state index >= 15 is 0 Å². The molecule has 0 aliphatic carbocycles. The Bertz CT molecular complexity index is 604. The van der Waals surface area contributed by atoms with E-state index in [1.54, 1.807) is 6.07 Å². The summed E-state index contributed by atoms with van der Waals surface area (Å²) in [4.78, 5) is 0. The van der Waals surface area contributed by atoms with Crippen molar-refractivity contribution in [3.8, 4) is 0 Å². The lowest BCUT2D eigenvalue weighted by atomic mass is 10.0. The lowest BCUT2D eigenvalue weighted by molar-refractivity contribution is 0.177. The van der Waals surface area contributed by atoms with Gasteiger partial charge in [-0.05, 0) is 29.3 Å². The summed E-state index contributed by atoms with van der Waals surface area (Å²) in [6.45, 7) is 0. The Hall–Kier alpha value is -0.970. The Morgan fingerprint density at radius 1 is 1.21 bits per heavy atom. The fourth-order valence-corrected chi connectivity index (χ4v) is 2.61. The topological polar surface area (TPSA) is 20.2 Å². The maximum Gasteiger partial charge on any atom is 0.142 e. The smallest absolute Gasteiger partial charge is 0.142 e. The zero-order valence-corrected chi connectivity index (χ0v) is 12.0. The zero-order chi connectivity index (χ0) is 14.0. The van der Waals surface area contributed by atoms with Crippen molar-refractivity contribution in [1.29, 1.82) is 0 Å². The van der Waals surface area contributed by atoms with Crippen LogP contribution in [0.25, 0.3) is 0 Å². The number of hydrogen-bond acceptors (Lipinski definition) is 1. The Labute approximate surface area is 123 Å². The van der Waals surface area contributed by atoms with Gasteiger partial charge in [0, 0.05) is 10.9 Å². The van der Waals surface area contributed by atoms with E-state index in [9.17, 15) is 13.9 Å². The number of aliphatic hydroxyl groups excluding tert-OH is 1. The van der Waals surface area contributed by atoms with Crippen LogP contribution in [0.4, 0.5) is 8.78 Å². The highest BCUT2D eigenvalue weighted by molar-refractivity contribution is 9.10. The van der Waals surface area contributed by atoms with Gasteiger partial charge in [0.05, 0.1) is 11.1 Å². The van der Waals surface area contributed by atoms with E-state index < -0.39 is 17.7 Å². The molecule has 0 heterocycles. The molecule has 5 heteroatoms. The molecule has 0 saturated heterocycles. The Morgan fingerprint density at radius 3 is 2.63 bits per heavy atom. The number of benzene rings is 2. The van der Waals surface area contributed by atoms with Gasteiger partial charge in [0.2, 0.25) is 0 Å². The molecule has 0 radical (unpaired) electrons. The third kappa shape index (κ3) is 3.32. The normalized spacial score (nSPS) is 12.5. The third-order valence-corrected chi connectivity index (χ3v) is 3.88. The first-order valence-corrected chi connectivity index (χ1v) is 6.72. The predicted octanol–water partition coefficient (Wildman–Crippen LogP) is 4.66. The minimum absolute atomic E-state index is 0.000200. The third-order valence-electron chi connectivity index (χ3n) is 2.77. The molecule has 0 spiro atoms. The van der Waals surface area contributed by atoms with Crippen LogP contribution < -0.4 is 0 Å². The van der Waals surface area contributed by atoms with Gasteiger partial charge in [0.1, 0.15) is 11.6 Å². The van der Waals surface area contributed by atoms with Crippen LogP contribution >= 0.6 is 27.5 Å². The zero-order valence-electron chi connectivity index (χ0n) is 9.71. The van der Waals surface area contributed by atoms with Crippen LogP contribution in [-0.4, -0.2) is 5.11 Å². The second-order valence-corrected chi connectivity index (χ2v) is 5.33. The van der Waals surface area contributed by atoms with Crippen LogP contribution in [-0.2, 0) is 6.42 Å². The number of hydrogen-bond donors (Lipinski definition) is 1. The molecule has 100 valence electrons. The van der Waals surface area contributed by atoms with Crippen molar-refractivity contribution in [3.63, 3.8) is 0 Å². The molecule has 19 heavy (non-hydrogen) atoms. The molecule has 1 atom stereocenters. The van der Waals surface area contributed by atoms with E-state index in [-0.39, 0.29) is 11.4 Å². The van der Waals surface area contributed by atoms with Gasteiger partial charge < -0.3 is 5.11 Å². The van der Waals surface area contributed by atoms with Crippen molar-refractivity contribution in [2.75, 3.05) is 0 Å². The van der Waals surface area contributed by atoms with E-state index in [2.05, 4.69) is 15.9 Å². The second-order valence-electron chi connectivity index (χ2n) is 4.10. The average molecular weight is 348 g/mol. The van der Waals surface area contributed by atoms with Gasteiger partial charge in [-0.15, -0.1) is 0 Å². The van der Waals surface area contributed by atoms with Gasteiger partial charge >= 0.3 is 0 Å². The maximum atomic E-state index is 13.3. The Kier molecular flexibility index (Phi) is 4.55. The largest absolute Gasteiger partial charge is 0.388 e. The summed E-state index contributed by atoms with van der Waals surface area (Å²) in [6, 6.07) is 8.45. The van der Waals surface area contributed by atoms with Gasteiger partial charge in [0.25, 0.3) is 0 Å². The van der Waals surface area contributed by atoms with Gasteiger partial charge in [-0.3, -0.25) is 0 Å². The van der Waals surface area contributed by atoms with Gasteiger partial charge in [-0.2, -0.15) is 0 Å². The van der Waals surface area contributed by atoms with Gasteiger partial charge in [-0.1, -0.05) is 45.7 Å². The molecule has 0 aliphatic rings. The highest BCUT2D eigenvalue weighted by Gasteiger charge is 2.15. The van der Waals surface area contributed by atoms with Crippen LogP contribution in [0.2, 0.25) is 5.02 Å². The van der Waals surface area contributed by atoms with Gasteiger partial charge in [-0.25, -0.2) is 8.78 Å². The number of rotatable bonds is 3. The van der Waals surface area contributed by atoms with Crippen molar-refractivity contribution in [3.05, 3.63) is 68.7 Å². The van der Waals surface area contributed by atoms with Crippen molar-refractivity contribution in [2.45, 2.75) is 12.5 Å². The summed E-state index contributed by atoms with van der Waals surface area (Å²) in [6.07, 6.45) is -0.741. The monoisotopic (exact) mass is 346 g/mol. The molecule has 0 amide bonds. The molecule has 0 fully saturated rings. The molecule has 2 aromatic rings. The van der Waals surface area contributed by atoms with Crippen LogP contribution in [0.5, 0.6) is 0 Å². The standard InChI is InChI=1S/C14H10BrClF2O/c15-11-7-9(17)4-5-10(11)13(19)6-8-2-1-3-12(18)14(8)16/h1-5,7,13,19H,6H2. The molecule has 2 aromatic carbocycles. The first-order chi connectivity index (χ1) is 8.99. The van der Waals surface area contributed by atoms with Gasteiger partial charge in [0.15, 0.2) is 0 Å². The predicted molar refractivity (Wildman–Crippen MR) is 74.2 cm³/mol. The summed E-state index contributed by atoms with van der Waals surface area (Å²) < 4.78 is 26.7. The first-order valence-electron chi connectivity index (χ1n) is 5.55. The van der Waals surface area contributed by atoms with Crippen molar-refractivity contribution < 1.29 is 13.9 Å². The molecular weight excluding hydrogens is 338 g/mol. The summed E-state index contributed by atoms with van der Waals surface area (Å²) in [5.74, 6) is -0.920. The minimum atomic E-state index is -0.894. The van der Waals surface area contributed by atoms with Crippen LogP contribution in [0.15, 0.2) is 40.9 Å². The molecule has 1 N–H and O–H groups in total. The highest BCUT2D eigenvalue weighted by atomic mass is 79.9. The first kappa shape index (κ1) is 14.4. The summed E-state index contributed by atoms with van der Waals surface area (Å²) in [5, 5.41) is 10.1. The summed E-state index contributed by atoms with van der Waals surface area (Å²) >= 11 is 9.02. The van der Waals surface area contributed by atoms with Crippen molar-refractivity contribution in [2.24, 2.45) is 0 Å². The van der Waals surface area contributed by atoms with E-state index in [1.807, 2.05) is 0 Å². The lowest BCUT2D eigenvalue weighted by Crippen LogP contribution is -2.04. The highest BCUT2D eigenvalue weighted by Crippen LogP contribution is 2.29. The van der Waals surface area contributed by atoms with Crippen molar-refractivity contribution >= 4 is 27.5 Å². The van der Waals surface area contributed by atoms with Crippen LogP contribution in [0.3, 0.4) is 0 Å². The molecule has 0 aromatic heterocycles. The fourth-order valence-electron chi connectivity index (χ4n) is 1.80. The average Bonchev–Trinajstić information content (AvgIpc) is 2.34. The van der Waals surface area contributed by atoms with E-state index in [0.717, 1.165) is 0 Å².